The number of amides is 1. The largest absolute Gasteiger partial charge is 0.439 e. The molecule has 0 aliphatic heterocycles. The quantitative estimate of drug-likeness (QED) is 0.728. The van der Waals surface area contributed by atoms with Gasteiger partial charge < -0.3 is 21.3 Å². The van der Waals surface area contributed by atoms with Gasteiger partial charge in [0.15, 0.2) is 0 Å². The van der Waals surface area contributed by atoms with Gasteiger partial charge in [-0.3, -0.25) is 4.79 Å². The molecule has 0 fully saturated rings. The van der Waals surface area contributed by atoms with Crippen LogP contribution in [0, 0.1) is 0 Å². The highest BCUT2D eigenvalue weighted by molar-refractivity contribution is 5.92. The predicted molar refractivity (Wildman–Crippen MR) is 78.0 cm³/mol. The van der Waals surface area contributed by atoms with Crippen LogP contribution in [0.15, 0.2) is 42.6 Å². The molecule has 0 saturated carbocycles. The average Bonchev–Trinajstić information content (AvgIpc) is 2.49. The fraction of sp³-hybridized carbons (Fsp3) is 0.200. The van der Waals surface area contributed by atoms with Crippen molar-refractivity contribution in [3.05, 3.63) is 53.7 Å². The molecule has 5 N–H and O–H groups in total. The number of hydrogen-bond donors (Lipinski definition) is 3. The Hall–Kier alpha value is -2.44. The van der Waals surface area contributed by atoms with Crippen LogP contribution in [0.25, 0.3) is 0 Å². The molecular weight excluding hydrogens is 270 g/mol. The number of aliphatic hydroxyl groups is 1. The van der Waals surface area contributed by atoms with Crippen molar-refractivity contribution in [3.63, 3.8) is 0 Å². The van der Waals surface area contributed by atoms with E-state index in [0.717, 1.165) is 5.56 Å². The maximum atomic E-state index is 10.9. The molecule has 1 aromatic carbocycles. The molecule has 0 radical (unpaired) electrons. The molecule has 0 aliphatic rings. The topological polar surface area (TPSA) is 111 Å². The van der Waals surface area contributed by atoms with Gasteiger partial charge >= 0.3 is 0 Å². The van der Waals surface area contributed by atoms with Crippen molar-refractivity contribution in [1.82, 2.24) is 4.98 Å². The molecule has 0 aliphatic carbocycles. The number of pyridine rings is 1. The zero-order chi connectivity index (χ0) is 15.2. The van der Waals surface area contributed by atoms with Gasteiger partial charge in [0.1, 0.15) is 5.75 Å². The van der Waals surface area contributed by atoms with E-state index in [1.807, 2.05) is 12.1 Å². The van der Waals surface area contributed by atoms with Gasteiger partial charge in [-0.1, -0.05) is 12.1 Å². The van der Waals surface area contributed by atoms with Crippen molar-refractivity contribution in [3.8, 4) is 11.6 Å². The SMILES string of the molecule is NC(=O)c1ccc(Oc2ccc(C[C@H](N)CO)cc2)nc1. The highest BCUT2D eigenvalue weighted by Gasteiger charge is 2.05. The Kier molecular flexibility index (Phi) is 4.86. The second kappa shape index (κ2) is 6.83. The van der Waals surface area contributed by atoms with Crippen LogP contribution in [0.3, 0.4) is 0 Å². The maximum Gasteiger partial charge on any atom is 0.250 e. The van der Waals surface area contributed by atoms with E-state index in [4.69, 9.17) is 21.3 Å². The first-order chi connectivity index (χ1) is 10.1. The Labute approximate surface area is 122 Å². The van der Waals surface area contributed by atoms with E-state index in [1.54, 1.807) is 24.3 Å². The third kappa shape index (κ3) is 4.27. The molecule has 0 unspecified atom stereocenters. The molecule has 0 spiro atoms. The van der Waals surface area contributed by atoms with Crippen LogP contribution in [0.5, 0.6) is 11.6 Å². The first-order valence-corrected chi connectivity index (χ1v) is 6.47. The second-order valence-electron chi connectivity index (χ2n) is 4.64. The number of hydrogen-bond acceptors (Lipinski definition) is 5. The first kappa shape index (κ1) is 15.0. The summed E-state index contributed by atoms with van der Waals surface area (Å²) in [5, 5.41) is 8.92. The Morgan fingerprint density at radius 3 is 2.48 bits per heavy atom. The van der Waals surface area contributed by atoms with Crippen LogP contribution < -0.4 is 16.2 Å². The van der Waals surface area contributed by atoms with E-state index in [0.29, 0.717) is 23.6 Å². The van der Waals surface area contributed by atoms with Gasteiger partial charge in [-0.05, 0) is 30.2 Å². The number of carbonyl (C=O) groups is 1. The minimum absolute atomic E-state index is 0.0472. The number of nitrogens with two attached hydrogens (primary N) is 2. The Bertz CT molecular complexity index is 597. The molecule has 1 heterocycles. The summed E-state index contributed by atoms with van der Waals surface area (Å²) in [6.07, 6.45) is 1.97. The number of rotatable bonds is 6. The number of nitrogens with zero attached hydrogens (tertiary/aromatic N) is 1. The molecule has 1 amide bonds. The smallest absolute Gasteiger partial charge is 0.250 e. The summed E-state index contributed by atoms with van der Waals surface area (Å²) in [5.41, 5.74) is 12.2. The van der Waals surface area contributed by atoms with E-state index >= 15 is 0 Å². The monoisotopic (exact) mass is 287 g/mol. The Balaban J connectivity index is 2.01. The molecule has 0 bridgehead atoms. The minimum Gasteiger partial charge on any atom is -0.439 e. The summed E-state index contributed by atoms with van der Waals surface area (Å²) < 4.78 is 5.56. The maximum absolute atomic E-state index is 10.9. The first-order valence-electron chi connectivity index (χ1n) is 6.47. The van der Waals surface area contributed by atoms with Crippen molar-refractivity contribution < 1.29 is 14.6 Å². The molecule has 21 heavy (non-hydrogen) atoms. The highest BCUT2D eigenvalue weighted by atomic mass is 16.5. The van der Waals surface area contributed by atoms with Gasteiger partial charge in [-0.25, -0.2) is 4.98 Å². The fourth-order valence-corrected chi connectivity index (χ4v) is 1.77. The van der Waals surface area contributed by atoms with E-state index in [9.17, 15) is 4.79 Å². The van der Waals surface area contributed by atoms with Crippen LogP contribution >= 0.6 is 0 Å². The van der Waals surface area contributed by atoms with Crippen LogP contribution in [0.4, 0.5) is 0 Å². The number of aromatic nitrogens is 1. The summed E-state index contributed by atoms with van der Waals surface area (Å²) in [4.78, 5) is 14.9. The van der Waals surface area contributed by atoms with Crippen LogP contribution in [0.2, 0.25) is 0 Å². The van der Waals surface area contributed by atoms with Crippen LogP contribution in [-0.4, -0.2) is 28.6 Å². The fourth-order valence-electron chi connectivity index (χ4n) is 1.77. The molecule has 2 aromatic rings. The van der Waals surface area contributed by atoms with Crippen molar-refractivity contribution >= 4 is 5.91 Å². The van der Waals surface area contributed by atoms with Crippen molar-refractivity contribution in [2.45, 2.75) is 12.5 Å². The summed E-state index contributed by atoms with van der Waals surface area (Å²) in [6, 6.07) is 10.2. The molecule has 6 nitrogen and oxygen atoms in total. The van der Waals surface area contributed by atoms with E-state index in [2.05, 4.69) is 4.98 Å². The summed E-state index contributed by atoms with van der Waals surface area (Å²) >= 11 is 0. The molecule has 110 valence electrons. The van der Waals surface area contributed by atoms with Gasteiger partial charge in [0.2, 0.25) is 11.8 Å². The molecule has 1 aromatic heterocycles. The molecule has 1 atom stereocenters. The summed E-state index contributed by atoms with van der Waals surface area (Å²) in [7, 11) is 0. The van der Waals surface area contributed by atoms with E-state index in [1.165, 1.54) is 6.20 Å². The Morgan fingerprint density at radius 1 is 1.24 bits per heavy atom. The molecule has 0 saturated heterocycles. The molecule has 2 rings (SSSR count). The number of benzene rings is 1. The lowest BCUT2D eigenvalue weighted by atomic mass is 10.1. The van der Waals surface area contributed by atoms with E-state index < -0.39 is 5.91 Å². The lowest BCUT2D eigenvalue weighted by Gasteiger charge is -2.09. The Morgan fingerprint density at radius 2 is 1.95 bits per heavy atom. The van der Waals surface area contributed by atoms with Gasteiger partial charge in [0.25, 0.3) is 0 Å². The number of primary amides is 1. The average molecular weight is 287 g/mol. The van der Waals surface area contributed by atoms with Crippen molar-refractivity contribution in [2.24, 2.45) is 11.5 Å². The van der Waals surface area contributed by atoms with Crippen LogP contribution in [0.1, 0.15) is 15.9 Å². The molecular formula is C15H17N3O3. The van der Waals surface area contributed by atoms with Gasteiger partial charge in [-0.15, -0.1) is 0 Å². The summed E-state index contributed by atoms with van der Waals surface area (Å²) in [5.74, 6) is 0.467. The zero-order valence-electron chi connectivity index (χ0n) is 11.4. The lowest BCUT2D eigenvalue weighted by molar-refractivity contribution is 0.1000. The highest BCUT2D eigenvalue weighted by Crippen LogP contribution is 2.20. The molecule has 6 heteroatoms. The van der Waals surface area contributed by atoms with Crippen LogP contribution in [-0.2, 0) is 6.42 Å². The van der Waals surface area contributed by atoms with Crippen molar-refractivity contribution in [1.29, 1.82) is 0 Å². The third-order valence-electron chi connectivity index (χ3n) is 2.90. The van der Waals surface area contributed by atoms with Crippen molar-refractivity contribution in [2.75, 3.05) is 6.61 Å². The summed E-state index contributed by atoms with van der Waals surface area (Å²) in [6.45, 7) is -0.0472. The number of aliphatic hydroxyl groups excluding tert-OH is 1. The van der Waals surface area contributed by atoms with Gasteiger partial charge in [0.05, 0.1) is 12.2 Å². The lowest BCUT2D eigenvalue weighted by Crippen LogP contribution is -2.26. The standard InChI is InChI=1S/C15H17N3O3/c16-12(9-19)7-10-1-4-13(5-2-10)21-14-6-3-11(8-18-14)15(17)20/h1-6,8,12,19H,7,9,16H2,(H2,17,20)/t12-/m0/s1. The predicted octanol–water partition coefficient (Wildman–Crippen LogP) is 0.835. The zero-order valence-corrected chi connectivity index (χ0v) is 11.4. The van der Waals surface area contributed by atoms with Gasteiger partial charge in [-0.2, -0.15) is 0 Å². The third-order valence-corrected chi connectivity index (χ3v) is 2.90. The second-order valence-corrected chi connectivity index (χ2v) is 4.64. The number of carbonyl (C=O) groups excluding carboxylic acids is 1. The number of ether oxygens (including phenoxy) is 1. The normalized spacial score (nSPS) is 11.9. The van der Waals surface area contributed by atoms with Gasteiger partial charge in [0, 0.05) is 18.3 Å². The van der Waals surface area contributed by atoms with E-state index in [-0.39, 0.29) is 12.6 Å². The minimum atomic E-state index is -0.529.